The van der Waals surface area contributed by atoms with E-state index >= 15 is 0 Å². The smallest absolute Gasteiger partial charge is 0.175 e. The third-order valence-electron chi connectivity index (χ3n) is 2.47. The summed E-state index contributed by atoms with van der Waals surface area (Å²) in [5.41, 5.74) is 0. The van der Waals surface area contributed by atoms with Crippen molar-refractivity contribution in [3.8, 4) is 0 Å². The summed E-state index contributed by atoms with van der Waals surface area (Å²) < 4.78 is 23.0. The highest BCUT2D eigenvalue weighted by atomic mass is 32.2. The van der Waals surface area contributed by atoms with Crippen molar-refractivity contribution in [2.24, 2.45) is 5.92 Å². The average molecular weight is 198 g/mol. The van der Waals surface area contributed by atoms with Crippen LogP contribution >= 0.6 is 0 Å². The van der Waals surface area contributed by atoms with Crippen molar-refractivity contribution in [1.29, 1.82) is 0 Å². The first-order valence-electron chi connectivity index (χ1n) is 4.26. The minimum Gasteiger partial charge on any atom is -0.294 e. The average Bonchev–Trinajstić information content (AvgIpc) is 2.06. The van der Waals surface area contributed by atoms with Gasteiger partial charge in [0.25, 0.3) is 0 Å². The first kappa shape index (κ1) is 8.69. The SMILES string of the molecule is O=C1C=CC=C2C1CCCS2(=O)=O. The van der Waals surface area contributed by atoms with Gasteiger partial charge in [-0.1, -0.05) is 6.08 Å². The van der Waals surface area contributed by atoms with E-state index in [4.69, 9.17) is 0 Å². The topological polar surface area (TPSA) is 51.2 Å². The molecule has 1 fully saturated rings. The maximum Gasteiger partial charge on any atom is 0.175 e. The van der Waals surface area contributed by atoms with Gasteiger partial charge in [0.15, 0.2) is 15.6 Å². The minimum atomic E-state index is -3.13. The number of ketones is 1. The first-order valence-corrected chi connectivity index (χ1v) is 5.91. The van der Waals surface area contributed by atoms with Crippen molar-refractivity contribution in [3.63, 3.8) is 0 Å². The van der Waals surface area contributed by atoms with Crippen LogP contribution in [0.4, 0.5) is 0 Å². The van der Waals surface area contributed by atoms with Crippen LogP contribution < -0.4 is 0 Å². The van der Waals surface area contributed by atoms with Crippen LogP contribution in [0.15, 0.2) is 23.1 Å². The summed E-state index contributed by atoms with van der Waals surface area (Å²) in [6.07, 6.45) is 5.81. The Labute approximate surface area is 77.1 Å². The van der Waals surface area contributed by atoms with Gasteiger partial charge in [-0.2, -0.15) is 0 Å². The highest BCUT2D eigenvalue weighted by Crippen LogP contribution is 2.32. The Hall–Kier alpha value is -0.900. The summed E-state index contributed by atoms with van der Waals surface area (Å²) in [6, 6.07) is 0. The molecule has 0 spiro atoms. The van der Waals surface area contributed by atoms with Crippen LogP contribution in [-0.2, 0) is 14.6 Å². The molecule has 13 heavy (non-hydrogen) atoms. The number of carbonyl (C=O) groups is 1. The predicted octanol–water partition coefficient (Wildman–Crippen LogP) is 0.834. The number of hydrogen-bond acceptors (Lipinski definition) is 3. The number of carbonyl (C=O) groups excluding carboxylic acids is 1. The van der Waals surface area contributed by atoms with Gasteiger partial charge in [0.2, 0.25) is 0 Å². The number of allylic oxidation sites excluding steroid dienone is 4. The summed E-state index contributed by atoms with van der Waals surface area (Å²) in [6.45, 7) is 0. The fraction of sp³-hybridized carbons (Fsp3) is 0.444. The molecule has 1 unspecified atom stereocenters. The minimum absolute atomic E-state index is 0.0687. The van der Waals surface area contributed by atoms with E-state index < -0.39 is 9.84 Å². The number of rotatable bonds is 0. The molecule has 0 radical (unpaired) electrons. The number of fused-ring (bicyclic) bond motifs is 1. The second-order valence-corrected chi connectivity index (χ2v) is 5.45. The Kier molecular flexibility index (Phi) is 1.87. The Morgan fingerprint density at radius 2 is 2.15 bits per heavy atom. The first-order chi connectivity index (χ1) is 6.11. The summed E-state index contributed by atoms with van der Waals surface area (Å²) in [5, 5.41) is 0. The lowest BCUT2D eigenvalue weighted by Crippen LogP contribution is -2.29. The zero-order valence-corrected chi connectivity index (χ0v) is 7.88. The zero-order valence-electron chi connectivity index (χ0n) is 7.06. The second kappa shape index (κ2) is 2.80. The maximum absolute atomic E-state index is 11.5. The second-order valence-electron chi connectivity index (χ2n) is 3.34. The molecule has 1 aliphatic carbocycles. The van der Waals surface area contributed by atoms with E-state index in [1.54, 1.807) is 6.08 Å². The lowest BCUT2D eigenvalue weighted by Gasteiger charge is -2.24. The lowest BCUT2D eigenvalue weighted by molar-refractivity contribution is -0.117. The normalized spacial score (nSPS) is 30.9. The van der Waals surface area contributed by atoms with Crippen molar-refractivity contribution in [1.82, 2.24) is 0 Å². The fourth-order valence-electron chi connectivity index (χ4n) is 1.81. The largest absolute Gasteiger partial charge is 0.294 e. The zero-order chi connectivity index (χ0) is 9.47. The summed E-state index contributed by atoms with van der Waals surface area (Å²) in [4.78, 5) is 11.6. The summed E-state index contributed by atoms with van der Waals surface area (Å²) >= 11 is 0. The molecule has 4 heteroatoms. The van der Waals surface area contributed by atoms with E-state index in [0.717, 1.165) is 0 Å². The van der Waals surface area contributed by atoms with E-state index in [-0.39, 0.29) is 17.5 Å². The van der Waals surface area contributed by atoms with Crippen LogP contribution in [0.5, 0.6) is 0 Å². The monoisotopic (exact) mass is 198 g/mol. The van der Waals surface area contributed by atoms with Gasteiger partial charge >= 0.3 is 0 Å². The van der Waals surface area contributed by atoms with Crippen molar-refractivity contribution < 1.29 is 13.2 Å². The van der Waals surface area contributed by atoms with Gasteiger partial charge in [0, 0.05) is 0 Å². The third kappa shape index (κ3) is 1.35. The van der Waals surface area contributed by atoms with Gasteiger partial charge in [-0.15, -0.1) is 0 Å². The van der Waals surface area contributed by atoms with Crippen LogP contribution in [0.3, 0.4) is 0 Å². The Bertz CT molecular complexity index is 401. The molecule has 1 aliphatic heterocycles. The highest BCUT2D eigenvalue weighted by Gasteiger charge is 2.35. The number of sulfone groups is 1. The molecule has 0 amide bonds. The molecule has 0 saturated carbocycles. The standard InChI is InChI=1S/C9H10O3S/c10-8-4-1-5-9-7(8)3-2-6-13(9,11)12/h1,4-5,7H,2-3,6H2. The van der Waals surface area contributed by atoms with E-state index in [0.29, 0.717) is 17.7 Å². The van der Waals surface area contributed by atoms with Crippen molar-refractivity contribution in [2.75, 3.05) is 5.75 Å². The quantitative estimate of drug-likeness (QED) is 0.579. The van der Waals surface area contributed by atoms with Crippen LogP contribution in [0.2, 0.25) is 0 Å². The molecule has 0 bridgehead atoms. The lowest BCUT2D eigenvalue weighted by atomic mass is 9.94. The Morgan fingerprint density at radius 1 is 1.38 bits per heavy atom. The van der Waals surface area contributed by atoms with Gasteiger partial charge in [0.05, 0.1) is 16.6 Å². The molecule has 2 rings (SSSR count). The van der Waals surface area contributed by atoms with Gasteiger partial charge in [-0.3, -0.25) is 4.79 Å². The van der Waals surface area contributed by atoms with Crippen LogP contribution in [0.1, 0.15) is 12.8 Å². The Balaban J connectivity index is 2.50. The van der Waals surface area contributed by atoms with Crippen molar-refractivity contribution in [2.45, 2.75) is 12.8 Å². The van der Waals surface area contributed by atoms with Crippen molar-refractivity contribution in [3.05, 3.63) is 23.1 Å². The summed E-state index contributed by atoms with van der Waals surface area (Å²) in [5.74, 6) is -0.263. The molecule has 0 aromatic carbocycles. The molecule has 2 aliphatic rings. The van der Waals surface area contributed by atoms with E-state index in [9.17, 15) is 13.2 Å². The fourth-order valence-corrected chi connectivity index (χ4v) is 3.55. The predicted molar refractivity (Wildman–Crippen MR) is 48.7 cm³/mol. The van der Waals surface area contributed by atoms with Gasteiger partial charge in [-0.25, -0.2) is 8.42 Å². The van der Waals surface area contributed by atoms with Gasteiger partial charge in [-0.05, 0) is 25.0 Å². The number of hydrogen-bond donors (Lipinski definition) is 0. The molecule has 1 atom stereocenters. The maximum atomic E-state index is 11.5. The third-order valence-corrected chi connectivity index (χ3v) is 4.44. The Morgan fingerprint density at radius 3 is 2.85 bits per heavy atom. The van der Waals surface area contributed by atoms with Gasteiger partial charge < -0.3 is 0 Å². The molecule has 1 heterocycles. The van der Waals surface area contributed by atoms with E-state index in [1.807, 2.05) is 0 Å². The van der Waals surface area contributed by atoms with Crippen LogP contribution in [0, 0.1) is 5.92 Å². The molecule has 3 nitrogen and oxygen atoms in total. The van der Waals surface area contributed by atoms with E-state index in [2.05, 4.69) is 0 Å². The molecule has 0 aromatic heterocycles. The summed E-state index contributed by atoms with van der Waals surface area (Å²) in [7, 11) is -3.13. The molecule has 0 N–H and O–H groups in total. The molecular weight excluding hydrogens is 188 g/mol. The van der Waals surface area contributed by atoms with Crippen molar-refractivity contribution >= 4 is 15.6 Å². The highest BCUT2D eigenvalue weighted by molar-refractivity contribution is 7.95. The molecule has 0 aromatic rings. The van der Waals surface area contributed by atoms with Crippen LogP contribution in [0.25, 0.3) is 0 Å². The molecular formula is C9H10O3S. The van der Waals surface area contributed by atoms with Crippen LogP contribution in [-0.4, -0.2) is 20.0 Å². The molecule has 70 valence electrons. The van der Waals surface area contributed by atoms with Gasteiger partial charge in [0.1, 0.15) is 0 Å². The van der Waals surface area contributed by atoms with E-state index in [1.165, 1.54) is 12.2 Å². The molecule has 1 saturated heterocycles.